The average Bonchev–Trinajstić information content (AvgIpc) is 2.40. The first-order valence-electron chi connectivity index (χ1n) is 5.79. The number of halogens is 2. The number of aryl methyl sites for hydroxylation is 1. The number of rotatable bonds is 3. The second-order valence-corrected chi connectivity index (χ2v) is 5.00. The summed E-state index contributed by atoms with van der Waals surface area (Å²) >= 11 is 3.50. The molecule has 2 rings (SSSR count). The minimum Gasteiger partial charge on any atom is -0.380 e. The van der Waals surface area contributed by atoms with Gasteiger partial charge in [-0.1, -0.05) is 12.1 Å². The Labute approximate surface area is 120 Å². The van der Waals surface area contributed by atoms with Crippen LogP contribution in [0.4, 0.5) is 10.1 Å². The van der Waals surface area contributed by atoms with E-state index in [1.165, 1.54) is 18.2 Å². The van der Waals surface area contributed by atoms with Crippen LogP contribution in [0.2, 0.25) is 0 Å². The van der Waals surface area contributed by atoms with E-state index in [-0.39, 0.29) is 5.82 Å². The summed E-state index contributed by atoms with van der Waals surface area (Å²) in [6.07, 6.45) is 0. The normalized spacial score (nSPS) is 10.0. The number of hydrogen-bond acceptors (Lipinski definition) is 2. The summed E-state index contributed by atoms with van der Waals surface area (Å²) in [4.78, 5) is 0. The monoisotopic (exact) mass is 318 g/mol. The van der Waals surface area contributed by atoms with Crippen molar-refractivity contribution in [1.82, 2.24) is 0 Å². The van der Waals surface area contributed by atoms with Crippen molar-refractivity contribution in [3.8, 4) is 6.07 Å². The number of anilines is 1. The molecule has 0 fully saturated rings. The number of nitrogens with zero attached hydrogens (tertiary/aromatic N) is 1. The lowest BCUT2D eigenvalue weighted by Gasteiger charge is -2.11. The van der Waals surface area contributed by atoms with Crippen LogP contribution in [-0.2, 0) is 6.54 Å². The summed E-state index contributed by atoms with van der Waals surface area (Å²) < 4.78 is 14.2. The van der Waals surface area contributed by atoms with Gasteiger partial charge in [0.1, 0.15) is 5.82 Å². The Morgan fingerprint density at radius 2 is 2.11 bits per heavy atom. The van der Waals surface area contributed by atoms with Crippen molar-refractivity contribution in [3.05, 3.63) is 63.4 Å². The fourth-order valence-corrected chi connectivity index (χ4v) is 2.20. The van der Waals surface area contributed by atoms with Crippen molar-refractivity contribution < 1.29 is 4.39 Å². The summed E-state index contributed by atoms with van der Waals surface area (Å²) in [6.45, 7) is 2.40. The van der Waals surface area contributed by atoms with E-state index < -0.39 is 0 Å². The van der Waals surface area contributed by atoms with Crippen LogP contribution in [0, 0.1) is 24.1 Å². The molecule has 2 nitrogen and oxygen atoms in total. The minimum absolute atomic E-state index is 0.334. The molecule has 0 saturated heterocycles. The van der Waals surface area contributed by atoms with E-state index in [9.17, 15) is 4.39 Å². The first-order chi connectivity index (χ1) is 9.11. The molecule has 0 aliphatic carbocycles. The van der Waals surface area contributed by atoms with E-state index in [1.807, 2.05) is 25.1 Å². The molecule has 19 heavy (non-hydrogen) atoms. The van der Waals surface area contributed by atoms with Crippen LogP contribution in [0.25, 0.3) is 0 Å². The molecular formula is C15H12BrFN2. The van der Waals surface area contributed by atoms with E-state index >= 15 is 0 Å². The van der Waals surface area contributed by atoms with Crippen molar-refractivity contribution in [2.24, 2.45) is 0 Å². The molecule has 96 valence electrons. The number of benzene rings is 2. The number of nitrogens with one attached hydrogen (secondary N) is 1. The van der Waals surface area contributed by atoms with E-state index in [2.05, 4.69) is 27.3 Å². The molecule has 0 radical (unpaired) electrons. The van der Waals surface area contributed by atoms with E-state index in [0.29, 0.717) is 17.7 Å². The van der Waals surface area contributed by atoms with Crippen LogP contribution in [0.5, 0.6) is 0 Å². The summed E-state index contributed by atoms with van der Waals surface area (Å²) in [5.41, 5.74) is 3.17. The first-order valence-corrected chi connectivity index (χ1v) is 6.58. The highest BCUT2D eigenvalue weighted by Gasteiger charge is 2.06. The lowest BCUT2D eigenvalue weighted by Crippen LogP contribution is -2.03. The summed E-state index contributed by atoms with van der Waals surface area (Å²) in [7, 11) is 0. The van der Waals surface area contributed by atoms with Crippen molar-refractivity contribution in [2.75, 3.05) is 5.32 Å². The molecule has 0 amide bonds. The van der Waals surface area contributed by atoms with Crippen LogP contribution in [0.1, 0.15) is 16.7 Å². The van der Waals surface area contributed by atoms with Gasteiger partial charge in [0.15, 0.2) is 0 Å². The molecule has 0 aliphatic heterocycles. The van der Waals surface area contributed by atoms with Gasteiger partial charge in [-0.3, -0.25) is 0 Å². The van der Waals surface area contributed by atoms with Gasteiger partial charge in [-0.2, -0.15) is 5.26 Å². The molecule has 0 heterocycles. The smallest absolute Gasteiger partial charge is 0.123 e. The Morgan fingerprint density at radius 3 is 2.84 bits per heavy atom. The van der Waals surface area contributed by atoms with Gasteiger partial charge >= 0.3 is 0 Å². The predicted molar refractivity (Wildman–Crippen MR) is 77.3 cm³/mol. The van der Waals surface area contributed by atoms with Crippen molar-refractivity contribution >= 4 is 21.6 Å². The molecule has 0 unspecified atom stereocenters. The molecule has 0 aliphatic rings. The van der Waals surface area contributed by atoms with Gasteiger partial charge in [0.2, 0.25) is 0 Å². The Kier molecular flexibility index (Phi) is 4.18. The highest BCUT2D eigenvalue weighted by atomic mass is 79.9. The molecule has 2 aromatic rings. The lowest BCUT2D eigenvalue weighted by atomic mass is 10.1. The Hall–Kier alpha value is -1.86. The van der Waals surface area contributed by atoms with E-state index in [0.717, 1.165) is 15.7 Å². The first kappa shape index (κ1) is 13.6. The SMILES string of the molecule is Cc1cccc(NCc2cc(F)ccc2C#N)c1Br. The van der Waals surface area contributed by atoms with Crippen LogP contribution in [0.3, 0.4) is 0 Å². The van der Waals surface area contributed by atoms with Gasteiger partial charge in [0, 0.05) is 16.7 Å². The highest BCUT2D eigenvalue weighted by molar-refractivity contribution is 9.10. The van der Waals surface area contributed by atoms with Gasteiger partial charge in [0.25, 0.3) is 0 Å². The number of nitriles is 1. The van der Waals surface area contributed by atoms with Crippen molar-refractivity contribution in [3.63, 3.8) is 0 Å². The van der Waals surface area contributed by atoms with Gasteiger partial charge < -0.3 is 5.32 Å². The van der Waals surface area contributed by atoms with Gasteiger partial charge in [-0.15, -0.1) is 0 Å². The maximum Gasteiger partial charge on any atom is 0.123 e. The second-order valence-electron chi connectivity index (χ2n) is 4.20. The third-order valence-corrected chi connectivity index (χ3v) is 3.90. The average molecular weight is 319 g/mol. The van der Waals surface area contributed by atoms with Gasteiger partial charge in [-0.05, 0) is 58.2 Å². The Bertz CT molecular complexity index is 647. The second kappa shape index (κ2) is 5.85. The minimum atomic E-state index is -0.334. The largest absolute Gasteiger partial charge is 0.380 e. The Balaban J connectivity index is 2.21. The summed E-state index contributed by atoms with van der Waals surface area (Å²) in [5, 5.41) is 12.2. The molecular weight excluding hydrogens is 307 g/mol. The third kappa shape index (κ3) is 3.12. The summed E-state index contributed by atoms with van der Waals surface area (Å²) in [5.74, 6) is -0.334. The fraction of sp³-hybridized carbons (Fsp3) is 0.133. The Morgan fingerprint density at radius 1 is 1.32 bits per heavy atom. The van der Waals surface area contributed by atoms with E-state index in [4.69, 9.17) is 5.26 Å². The molecule has 1 N–H and O–H groups in total. The molecule has 0 saturated carbocycles. The topological polar surface area (TPSA) is 35.8 Å². The molecule has 0 aromatic heterocycles. The zero-order valence-electron chi connectivity index (χ0n) is 10.4. The lowest BCUT2D eigenvalue weighted by molar-refractivity contribution is 0.625. The maximum absolute atomic E-state index is 13.2. The van der Waals surface area contributed by atoms with Crippen molar-refractivity contribution in [1.29, 1.82) is 5.26 Å². The van der Waals surface area contributed by atoms with Crippen LogP contribution >= 0.6 is 15.9 Å². The number of hydrogen-bond donors (Lipinski definition) is 1. The fourth-order valence-electron chi connectivity index (χ4n) is 1.79. The predicted octanol–water partition coefficient (Wildman–Crippen LogP) is 4.38. The van der Waals surface area contributed by atoms with Gasteiger partial charge in [0.05, 0.1) is 11.6 Å². The maximum atomic E-state index is 13.2. The third-order valence-electron chi connectivity index (χ3n) is 2.85. The molecule has 0 atom stereocenters. The van der Waals surface area contributed by atoms with Gasteiger partial charge in [-0.25, -0.2) is 4.39 Å². The molecule has 2 aromatic carbocycles. The quantitative estimate of drug-likeness (QED) is 0.911. The molecule has 4 heteroatoms. The van der Waals surface area contributed by atoms with E-state index in [1.54, 1.807) is 0 Å². The molecule has 0 spiro atoms. The van der Waals surface area contributed by atoms with Crippen LogP contribution in [-0.4, -0.2) is 0 Å². The van der Waals surface area contributed by atoms with Crippen molar-refractivity contribution in [2.45, 2.75) is 13.5 Å². The zero-order chi connectivity index (χ0) is 13.8. The standard InChI is InChI=1S/C15H12BrFN2/c1-10-3-2-4-14(15(10)16)19-9-12-7-13(17)6-5-11(12)8-18/h2-7,19H,9H2,1H3. The highest BCUT2D eigenvalue weighted by Crippen LogP contribution is 2.26. The van der Waals surface area contributed by atoms with Crippen LogP contribution in [0.15, 0.2) is 40.9 Å². The molecule has 0 bridgehead atoms. The summed E-state index contributed by atoms with van der Waals surface area (Å²) in [6, 6.07) is 12.1. The van der Waals surface area contributed by atoms with Crippen LogP contribution < -0.4 is 5.32 Å². The zero-order valence-corrected chi connectivity index (χ0v) is 12.0.